The number of rotatable bonds is 9. The molecule has 9 nitrogen and oxygen atoms in total. The molecule has 0 bridgehead atoms. The molecule has 4 aromatic rings. The molecule has 0 N–H and O–H groups in total. The summed E-state index contributed by atoms with van der Waals surface area (Å²) < 4.78 is 13.8. The molecular formula is C31H31BrN4O5. The largest absolute Gasteiger partial charge is 0.490 e. The van der Waals surface area contributed by atoms with Crippen molar-refractivity contribution in [3.8, 4) is 11.5 Å². The van der Waals surface area contributed by atoms with Crippen molar-refractivity contribution in [1.82, 2.24) is 9.66 Å². The second-order valence-electron chi connectivity index (χ2n) is 10.2. The Hall–Kier alpha value is -4.05. The Balaban J connectivity index is 1.56. The van der Waals surface area contributed by atoms with Crippen LogP contribution in [0.5, 0.6) is 11.5 Å². The molecule has 1 aliphatic carbocycles. The first-order valence-corrected chi connectivity index (χ1v) is 14.5. The zero-order chi connectivity index (χ0) is 28.9. The fourth-order valence-corrected chi connectivity index (χ4v) is 5.57. The fourth-order valence-electron chi connectivity index (χ4n) is 5.21. The predicted molar refractivity (Wildman–Crippen MR) is 162 cm³/mol. The summed E-state index contributed by atoms with van der Waals surface area (Å²) in [6.45, 7) is 4.20. The third-order valence-electron chi connectivity index (χ3n) is 7.15. The minimum Gasteiger partial charge on any atom is -0.490 e. The van der Waals surface area contributed by atoms with Crippen LogP contribution in [0.4, 0.5) is 5.69 Å². The normalized spacial score (nSPS) is 14.0. The van der Waals surface area contributed by atoms with Crippen LogP contribution in [0.25, 0.3) is 10.9 Å². The molecule has 1 saturated carbocycles. The van der Waals surface area contributed by atoms with Crippen molar-refractivity contribution < 1.29 is 14.4 Å². The molecule has 5 rings (SSSR count). The van der Waals surface area contributed by atoms with E-state index in [1.807, 2.05) is 43.3 Å². The molecule has 0 unspecified atom stereocenters. The number of fused-ring (bicyclic) bond motifs is 1. The second-order valence-corrected chi connectivity index (χ2v) is 11.1. The molecule has 3 aromatic carbocycles. The molecule has 1 aromatic heterocycles. The van der Waals surface area contributed by atoms with Gasteiger partial charge in [0.15, 0.2) is 5.75 Å². The molecule has 10 heteroatoms. The summed E-state index contributed by atoms with van der Waals surface area (Å²) in [6.07, 6.45) is 6.59. The minimum atomic E-state index is -0.500. The number of nitrogens with zero attached hydrogens (tertiary/aromatic N) is 4. The van der Waals surface area contributed by atoms with E-state index in [0.717, 1.165) is 47.7 Å². The van der Waals surface area contributed by atoms with Crippen molar-refractivity contribution >= 4 is 38.7 Å². The van der Waals surface area contributed by atoms with Crippen LogP contribution in [0.1, 0.15) is 67.5 Å². The van der Waals surface area contributed by atoms with Crippen LogP contribution in [0.2, 0.25) is 0 Å². The van der Waals surface area contributed by atoms with Crippen LogP contribution in [0.15, 0.2) is 69.0 Å². The summed E-state index contributed by atoms with van der Waals surface area (Å²) in [4.78, 5) is 30.1. The molecule has 212 valence electrons. The SMILES string of the molecule is CCOc1cc(C=Nn2c(C3CCCCC3)nc3ccc(Br)cc3c2=O)cc([N+](=O)[O-])c1OCc1cccc(C)c1. The average Bonchev–Trinajstić information content (AvgIpc) is 2.96. The fraction of sp³-hybridized carbons (Fsp3) is 0.323. The number of halogens is 1. The van der Waals surface area contributed by atoms with Crippen LogP contribution in [-0.4, -0.2) is 27.4 Å². The minimum absolute atomic E-state index is 0.0489. The van der Waals surface area contributed by atoms with Crippen molar-refractivity contribution in [3.63, 3.8) is 0 Å². The third-order valence-corrected chi connectivity index (χ3v) is 7.64. The van der Waals surface area contributed by atoms with Gasteiger partial charge in [0.2, 0.25) is 5.75 Å². The second kappa shape index (κ2) is 12.6. The monoisotopic (exact) mass is 618 g/mol. The molecule has 41 heavy (non-hydrogen) atoms. The molecule has 1 fully saturated rings. The van der Waals surface area contributed by atoms with E-state index in [4.69, 9.17) is 14.5 Å². The maximum atomic E-state index is 13.6. The number of ether oxygens (including phenoxy) is 2. The van der Waals surface area contributed by atoms with Crippen LogP contribution < -0.4 is 15.0 Å². The zero-order valence-corrected chi connectivity index (χ0v) is 24.6. The van der Waals surface area contributed by atoms with Crippen molar-refractivity contribution in [3.05, 3.63) is 102 Å². The van der Waals surface area contributed by atoms with E-state index in [2.05, 4.69) is 21.0 Å². The highest BCUT2D eigenvalue weighted by Crippen LogP contribution is 2.39. The maximum absolute atomic E-state index is 13.6. The Labute approximate surface area is 246 Å². The first-order chi connectivity index (χ1) is 19.8. The lowest BCUT2D eigenvalue weighted by atomic mass is 9.88. The van der Waals surface area contributed by atoms with E-state index in [-0.39, 0.29) is 41.9 Å². The lowest BCUT2D eigenvalue weighted by Gasteiger charge is -2.22. The molecule has 0 aliphatic heterocycles. The quantitative estimate of drug-likeness (QED) is 0.111. The molecule has 0 spiro atoms. The van der Waals surface area contributed by atoms with E-state index in [0.29, 0.717) is 22.3 Å². The number of hydrogen-bond donors (Lipinski definition) is 0. The predicted octanol–water partition coefficient (Wildman–Crippen LogP) is 7.28. The molecule has 0 amide bonds. The van der Waals surface area contributed by atoms with Gasteiger partial charge in [0.25, 0.3) is 5.56 Å². The molecule has 0 radical (unpaired) electrons. The Kier molecular flexibility index (Phi) is 8.78. The average molecular weight is 620 g/mol. The molecule has 0 atom stereocenters. The first-order valence-electron chi connectivity index (χ1n) is 13.7. The lowest BCUT2D eigenvalue weighted by Crippen LogP contribution is -2.25. The van der Waals surface area contributed by atoms with E-state index in [1.54, 1.807) is 19.1 Å². The number of hydrogen-bond acceptors (Lipinski definition) is 7. The van der Waals surface area contributed by atoms with Crippen LogP contribution in [-0.2, 0) is 6.61 Å². The topological polar surface area (TPSA) is 109 Å². The Bertz CT molecular complexity index is 1680. The van der Waals surface area contributed by atoms with Crippen molar-refractivity contribution in [2.45, 2.75) is 58.5 Å². The highest BCUT2D eigenvalue weighted by Gasteiger charge is 2.24. The molecule has 0 saturated heterocycles. The third kappa shape index (κ3) is 6.48. The maximum Gasteiger partial charge on any atom is 0.315 e. The van der Waals surface area contributed by atoms with Crippen molar-refractivity contribution in [1.29, 1.82) is 0 Å². The highest BCUT2D eigenvalue weighted by molar-refractivity contribution is 9.10. The Morgan fingerprint density at radius 2 is 1.93 bits per heavy atom. The van der Waals surface area contributed by atoms with E-state index in [1.165, 1.54) is 17.0 Å². The number of aryl methyl sites for hydroxylation is 1. The number of nitro groups is 1. The summed E-state index contributed by atoms with van der Waals surface area (Å²) in [7, 11) is 0. The number of aromatic nitrogens is 2. The highest BCUT2D eigenvalue weighted by atomic mass is 79.9. The van der Waals surface area contributed by atoms with Crippen molar-refractivity contribution in [2.75, 3.05) is 6.61 Å². The van der Waals surface area contributed by atoms with Gasteiger partial charge in [-0.1, -0.05) is 65.0 Å². The van der Waals surface area contributed by atoms with Crippen LogP contribution in [0, 0.1) is 17.0 Å². The summed E-state index contributed by atoms with van der Waals surface area (Å²) >= 11 is 3.44. The van der Waals surface area contributed by atoms with E-state index < -0.39 is 4.92 Å². The van der Waals surface area contributed by atoms with Crippen molar-refractivity contribution in [2.24, 2.45) is 5.10 Å². The van der Waals surface area contributed by atoms with Gasteiger partial charge in [0, 0.05) is 22.0 Å². The molecule has 1 heterocycles. The summed E-state index contributed by atoms with van der Waals surface area (Å²) in [5.74, 6) is 0.995. The van der Waals surface area contributed by atoms with Gasteiger partial charge < -0.3 is 9.47 Å². The summed E-state index contributed by atoms with van der Waals surface area (Å²) in [5.41, 5.74) is 2.44. The Morgan fingerprint density at radius 1 is 1.12 bits per heavy atom. The smallest absolute Gasteiger partial charge is 0.315 e. The van der Waals surface area contributed by atoms with Gasteiger partial charge in [0.1, 0.15) is 12.4 Å². The first kappa shape index (κ1) is 28.5. The zero-order valence-electron chi connectivity index (χ0n) is 23.0. The molecular weight excluding hydrogens is 588 g/mol. The summed E-state index contributed by atoms with van der Waals surface area (Å²) in [5, 5.41) is 17.1. The van der Waals surface area contributed by atoms with E-state index >= 15 is 0 Å². The standard InChI is InChI=1S/C31H31BrN4O5/c1-3-40-28-16-22(15-27(36(38)39)29(28)41-19-21-9-7-8-20(2)14-21)18-33-35-30(23-10-5-4-6-11-23)34-26-13-12-24(32)17-25(26)31(35)37/h7-9,12-18,23H,3-6,10-11,19H2,1-2H3. The van der Waals surface area contributed by atoms with Gasteiger partial charge in [-0.05, 0) is 56.5 Å². The van der Waals surface area contributed by atoms with Gasteiger partial charge >= 0.3 is 5.69 Å². The van der Waals surface area contributed by atoms with Crippen LogP contribution in [0.3, 0.4) is 0 Å². The van der Waals surface area contributed by atoms with E-state index in [9.17, 15) is 14.9 Å². The van der Waals surface area contributed by atoms with Gasteiger partial charge in [0.05, 0.1) is 28.6 Å². The summed E-state index contributed by atoms with van der Waals surface area (Å²) in [6, 6.07) is 16.2. The molecule has 1 aliphatic rings. The van der Waals surface area contributed by atoms with Gasteiger partial charge in [-0.2, -0.15) is 9.78 Å². The number of nitro benzene ring substituents is 1. The Morgan fingerprint density at radius 3 is 2.66 bits per heavy atom. The number of benzene rings is 3. The van der Waals surface area contributed by atoms with Gasteiger partial charge in [-0.25, -0.2) is 4.98 Å². The van der Waals surface area contributed by atoms with Gasteiger partial charge in [-0.15, -0.1) is 0 Å². The van der Waals surface area contributed by atoms with Gasteiger partial charge in [-0.3, -0.25) is 14.9 Å². The van der Waals surface area contributed by atoms with Crippen LogP contribution >= 0.6 is 15.9 Å². The lowest BCUT2D eigenvalue weighted by molar-refractivity contribution is -0.386.